The number of aromatic nitrogens is 1. The van der Waals surface area contributed by atoms with Crippen LogP contribution >= 0.6 is 27.3 Å². The Morgan fingerprint density at radius 2 is 1.71 bits per heavy atom. The third-order valence-corrected chi connectivity index (χ3v) is 5.05. The summed E-state index contributed by atoms with van der Waals surface area (Å²) in [4.78, 5) is 4.77. The number of hydrogen-bond acceptors (Lipinski definition) is 2. The van der Waals surface area contributed by atoms with Crippen molar-refractivity contribution in [3.05, 3.63) is 63.9 Å². The van der Waals surface area contributed by atoms with E-state index in [2.05, 4.69) is 65.5 Å². The molecule has 0 aliphatic heterocycles. The molecule has 0 aliphatic rings. The Kier molecular flexibility index (Phi) is 4.22. The van der Waals surface area contributed by atoms with Gasteiger partial charge in [0.25, 0.3) is 0 Å². The monoisotopic (exact) mass is 357 g/mol. The van der Waals surface area contributed by atoms with E-state index in [0.717, 1.165) is 20.7 Å². The second kappa shape index (κ2) is 6.12. The van der Waals surface area contributed by atoms with Crippen LogP contribution in [0.25, 0.3) is 21.8 Å². The molecule has 2 aromatic carbocycles. The summed E-state index contributed by atoms with van der Waals surface area (Å²) in [5.41, 5.74) is 4.72. The molecule has 1 aromatic heterocycles. The van der Waals surface area contributed by atoms with Crippen LogP contribution in [0.15, 0.2) is 58.4 Å². The second-order valence-electron chi connectivity index (χ2n) is 5.29. The predicted octanol–water partition coefficient (Wildman–Crippen LogP) is 6.36. The fraction of sp³-hybridized carbons (Fsp3) is 0.167. The number of hydrogen-bond donors (Lipinski definition) is 0. The normalized spacial score (nSPS) is 11.0. The van der Waals surface area contributed by atoms with Gasteiger partial charge >= 0.3 is 0 Å². The molecule has 1 nitrogen and oxygen atoms in total. The summed E-state index contributed by atoms with van der Waals surface area (Å²) in [6, 6.07) is 16.9. The van der Waals surface area contributed by atoms with Gasteiger partial charge in [-0.2, -0.15) is 0 Å². The van der Waals surface area contributed by atoms with Crippen LogP contribution in [0.1, 0.15) is 25.3 Å². The molecule has 0 bridgehead atoms. The Labute approximate surface area is 137 Å². The molecular weight excluding hydrogens is 342 g/mol. The van der Waals surface area contributed by atoms with Gasteiger partial charge in [0, 0.05) is 21.0 Å². The summed E-state index contributed by atoms with van der Waals surface area (Å²) in [6.45, 7) is 4.42. The van der Waals surface area contributed by atoms with Crippen LogP contribution in [-0.2, 0) is 0 Å². The SMILES string of the molecule is CC(C)c1ccc(-c2csc(-c3ccccc3Br)n2)cc1. The van der Waals surface area contributed by atoms with Gasteiger partial charge in [-0.1, -0.05) is 72.2 Å². The number of halogens is 1. The Hall–Kier alpha value is -1.45. The molecule has 0 atom stereocenters. The molecule has 106 valence electrons. The molecule has 0 fully saturated rings. The Morgan fingerprint density at radius 3 is 2.38 bits per heavy atom. The molecule has 3 rings (SSSR count). The van der Waals surface area contributed by atoms with Gasteiger partial charge in [0.15, 0.2) is 0 Å². The molecule has 0 aliphatic carbocycles. The molecule has 0 saturated carbocycles. The second-order valence-corrected chi connectivity index (χ2v) is 7.01. The summed E-state index contributed by atoms with van der Waals surface area (Å²) in [5.74, 6) is 0.560. The lowest BCUT2D eigenvalue weighted by atomic mass is 10.0. The lowest BCUT2D eigenvalue weighted by Crippen LogP contribution is -1.87. The Morgan fingerprint density at radius 1 is 1.00 bits per heavy atom. The maximum atomic E-state index is 4.77. The Bertz CT molecular complexity index is 744. The summed E-state index contributed by atoms with van der Waals surface area (Å²) in [7, 11) is 0. The van der Waals surface area contributed by atoms with Crippen LogP contribution in [0, 0.1) is 0 Å². The van der Waals surface area contributed by atoms with E-state index in [-0.39, 0.29) is 0 Å². The lowest BCUT2D eigenvalue weighted by Gasteiger charge is -2.05. The average molecular weight is 358 g/mol. The van der Waals surface area contributed by atoms with E-state index in [1.807, 2.05) is 18.2 Å². The van der Waals surface area contributed by atoms with Crippen molar-refractivity contribution in [1.29, 1.82) is 0 Å². The molecule has 0 saturated heterocycles. The molecule has 3 heteroatoms. The standard InChI is InChI=1S/C18H16BrNS/c1-12(2)13-7-9-14(10-8-13)17-11-21-18(20-17)15-5-3-4-6-16(15)19/h3-12H,1-2H3. The molecule has 0 amide bonds. The van der Waals surface area contributed by atoms with Crippen LogP contribution in [0.5, 0.6) is 0 Å². The van der Waals surface area contributed by atoms with Crippen LogP contribution in [0.3, 0.4) is 0 Å². The Balaban J connectivity index is 1.93. The van der Waals surface area contributed by atoms with Crippen molar-refractivity contribution in [2.45, 2.75) is 19.8 Å². The molecule has 0 radical (unpaired) electrons. The number of nitrogens with zero attached hydrogens (tertiary/aromatic N) is 1. The quantitative estimate of drug-likeness (QED) is 0.531. The smallest absolute Gasteiger partial charge is 0.125 e. The molecule has 21 heavy (non-hydrogen) atoms. The molecule has 3 aromatic rings. The van der Waals surface area contributed by atoms with Crippen LogP contribution in [0.2, 0.25) is 0 Å². The summed E-state index contributed by atoms with van der Waals surface area (Å²) < 4.78 is 1.08. The van der Waals surface area contributed by atoms with Gasteiger partial charge in [0.2, 0.25) is 0 Å². The molecule has 1 heterocycles. The van der Waals surface area contributed by atoms with E-state index < -0.39 is 0 Å². The van der Waals surface area contributed by atoms with E-state index in [1.165, 1.54) is 11.1 Å². The highest BCUT2D eigenvalue weighted by atomic mass is 79.9. The fourth-order valence-corrected chi connectivity index (χ4v) is 3.68. The topological polar surface area (TPSA) is 12.9 Å². The number of benzene rings is 2. The van der Waals surface area contributed by atoms with Gasteiger partial charge in [0.05, 0.1) is 5.69 Å². The van der Waals surface area contributed by atoms with Gasteiger partial charge in [-0.25, -0.2) is 4.98 Å². The number of rotatable bonds is 3. The van der Waals surface area contributed by atoms with E-state index in [1.54, 1.807) is 11.3 Å². The summed E-state index contributed by atoms with van der Waals surface area (Å²) in [6.07, 6.45) is 0. The van der Waals surface area contributed by atoms with Crippen molar-refractivity contribution in [2.24, 2.45) is 0 Å². The van der Waals surface area contributed by atoms with Crippen LogP contribution < -0.4 is 0 Å². The number of thiazole rings is 1. The molecule has 0 unspecified atom stereocenters. The zero-order chi connectivity index (χ0) is 14.8. The summed E-state index contributed by atoms with van der Waals surface area (Å²) >= 11 is 5.27. The van der Waals surface area contributed by atoms with Gasteiger partial charge in [-0.3, -0.25) is 0 Å². The van der Waals surface area contributed by atoms with E-state index in [0.29, 0.717) is 5.92 Å². The molecule has 0 N–H and O–H groups in total. The highest BCUT2D eigenvalue weighted by Gasteiger charge is 2.09. The van der Waals surface area contributed by atoms with Crippen molar-refractivity contribution in [2.75, 3.05) is 0 Å². The van der Waals surface area contributed by atoms with Crippen molar-refractivity contribution < 1.29 is 0 Å². The average Bonchev–Trinajstić information content (AvgIpc) is 2.97. The first-order valence-corrected chi connectivity index (χ1v) is 8.63. The highest BCUT2D eigenvalue weighted by Crippen LogP contribution is 2.33. The minimum absolute atomic E-state index is 0.560. The van der Waals surface area contributed by atoms with Gasteiger partial charge in [0.1, 0.15) is 5.01 Å². The largest absolute Gasteiger partial charge is 0.236 e. The van der Waals surface area contributed by atoms with Gasteiger partial charge < -0.3 is 0 Å². The van der Waals surface area contributed by atoms with Crippen LogP contribution in [-0.4, -0.2) is 4.98 Å². The van der Waals surface area contributed by atoms with Crippen molar-refractivity contribution in [3.8, 4) is 21.8 Å². The summed E-state index contributed by atoms with van der Waals surface area (Å²) in [5, 5.41) is 3.17. The van der Waals surface area contributed by atoms with E-state index in [9.17, 15) is 0 Å². The minimum atomic E-state index is 0.560. The fourth-order valence-electron chi connectivity index (χ4n) is 2.20. The minimum Gasteiger partial charge on any atom is -0.236 e. The first kappa shape index (κ1) is 14.5. The first-order valence-electron chi connectivity index (χ1n) is 6.96. The molecular formula is C18H16BrNS. The van der Waals surface area contributed by atoms with Gasteiger partial charge in [-0.05, 0) is 17.5 Å². The van der Waals surface area contributed by atoms with Gasteiger partial charge in [-0.15, -0.1) is 11.3 Å². The third kappa shape index (κ3) is 3.09. The maximum Gasteiger partial charge on any atom is 0.125 e. The van der Waals surface area contributed by atoms with E-state index in [4.69, 9.17) is 4.98 Å². The zero-order valence-electron chi connectivity index (χ0n) is 12.0. The van der Waals surface area contributed by atoms with E-state index >= 15 is 0 Å². The van der Waals surface area contributed by atoms with Crippen molar-refractivity contribution in [1.82, 2.24) is 4.98 Å². The zero-order valence-corrected chi connectivity index (χ0v) is 14.4. The highest BCUT2D eigenvalue weighted by molar-refractivity contribution is 9.10. The van der Waals surface area contributed by atoms with Crippen LogP contribution in [0.4, 0.5) is 0 Å². The lowest BCUT2D eigenvalue weighted by molar-refractivity contribution is 0.867. The first-order chi connectivity index (χ1) is 10.1. The molecule has 0 spiro atoms. The maximum absolute atomic E-state index is 4.77. The third-order valence-electron chi connectivity index (χ3n) is 3.48. The predicted molar refractivity (Wildman–Crippen MR) is 94.8 cm³/mol. The van der Waals surface area contributed by atoms with Crippen molar-refractivity contribution in [3.63, 3.8) is 0 Å². The van der Waals surface area contributed by atoms with Crippen molar-refractivity contribution >= 4 is 27.3 Å².